The van der Waals surface area contributed by atoms with E-state index < -0.39 is 0 Å². The van der Waals surface area contributed by atoms with Crippen LogP contribution in [0.3, 0.4) is 0 Å². The van der Waals surface area contributed by atoms with E-state index in [-0.39, 0.29) is 12.0 Å². The third-order valence-corrected chi connectivity index (χ3v) is 7.31. The van der Waals surface area contributed by atoms with Crippen LogP contribution in [0.25, 0.3) is 0 Å². The quantitative estimate of drug-likeness (QED) is 0.868. The van der Waals surface area contributed by atoms with E-state index in [4.69, 9.17) is 0 Å². The maximum absolute atomic E-state index is 13.8. The number of aromatic nitrogens is 2. The predicted octanol–water partition coefficient (Wildman–Crippen LogP) is 3.59. The minimum atomic E-state index is 0.119. The standard InChI is InChI=1S/C23H32N4O/c1-15-12-21(16(2)26(15)18-6-4-3-5-7-18)23(28)27(19-8-9-19)20-10-11-22-17(13-20)14-24-25-22/h3-4,6,14-16,19-21H,5,7-13H2,1-2H3,(H,24,25). The van der Waals surface area contributed by atoms with E-state index in [0.29, 0.717) is 24.0 Å². The lowest BCUT2D eigenvalue weighted by Crippen LogP contribution is -2.49. The van der Waals surface area contributed by atoms with Gasteiger partial charge in [-0.25, -0.2) is 0 Å². The molecule has 150 valence electrons. The molecule has 28 heavy (non-hydrogen) atoms. The first-order valence-electron chi connectivity index (χ1n) is 11.1. The van der Waals surface area contributed by atoms with Crippen molar-refractivity contribution >= 4 is 5.91 Å². The van der Waals surface area contributed by atoms with Gasteiger partial charge in [-0.05, 0) is 76.9 Å². The number of hydrogen-bond donors (Lipinski definition) is 1. The fraction of sp³-hybridized carbons (Fsp3) is 0.652. The number of carbonyl (C=O) groups excluding carboxylic acids is 1. The zero-order chi connectivity index (χ0) is 19.3. The molecule has 4 atom stereocenters. The van der Waals surface area contributed by atoms with Crippen LogP contribution in [0.2, 0.25) is 0 Å². The molecule has 1 amide bonds. The summed E-state index contributed by atoms with van der Waals surface area (Å²) >= 11 is 0. The lowest BCUT2D eigenvalue weighted by Gasteiger charge is -2.38. The molecule has 0 spiro atoms. The molecule has 1 saturated carbocycles. The van der Waals surface area contributed by atoms with E-state index in [2.05, 4.69) is 52.1 Å². The number of amides is 1. The minimum absolute atomic E-state index is 0.119. The topological polar surface area (TPSA) is 52.2 Å². The van der Waals surface area contributed by atoms with Gasteiger partial charge in [0.1, 0.15) is 0 Å². The van der Waals surface area contributed by atoms with Gasteiger partial charge in [0.05, 0.1) is 12.1 Å². The summed E-state index contributed by atoms with van der Waals surface area (Å²) in [7, 11) is 0. The Balaban J connectivity index is 1.35. The van der Waals surface area contributed by atoms with Crippen molar-refractivity contribution in [2.24, 2.45) is 5.92 Å². The van der Waals surface area contributed by atoms with E-state index in [1.165, 1.54) is 29.8 Å². The van der Waals surface area contributed by atoms with Crippen LogP contribution in [-0.2, 0) is 17.6 Å². The molecule has 4 aliphatic rings. The predicted molar refractivity (Wildman–Crippen MR) is 110 cm³/mol. The van der Waals surface area contributed by atoms with Crippen LogP contribution >= 0.6 is 0 Å². The molecule has 2 heterocycles. The van der Waals surface area contributed by atoms with Gasteiger partial charge in [0.25, 0.3) is 0 Å². The number of nitrogens with zero attached hydrogens (tertiary/aromatic N) is 3. The van der Waals surface area contributed by atoms with Gasteiger partial charge >= 0.3 is 0 Å². The molecular formula is C23H32N4O. The third kappa shape index (κ3) is 3.09. The van der Waals surface area contributed by atoms with Crippen LogP contribution in [0, 0.1) is 5.92 Å². The maximum atomic E-state index is 13.8. The number of hydrogen-bond acceptors (Lipinski definition) is 3. The van der Waals surface area contributed by atoms with Crippen molar-refractivity contribution < 1.29 is 4.79 Å². The highest BCUT2D eigenvalue weighted by atomic mass is 16.2. The van der Waals surface area contributed by atoms with Gasteiger partial charge in [0.15, 0.2) is 0 Å². The number of H-pyrrole nitrogens is 1. The summed E-state index contributed by atoms with van der Waals surface area (Å²) in [6.45, 7) is 4.56. The zero-order valence-electron chi connectivity index (χ0n) is 17.1. The average Bonchev–Trinajstić information content (AvgIpc) is 3.33. The largest absolute Gasteiger partial charge is 0.369 e. The van der Waals surface area contributed by atoms with E-state index in [1.54, 1.807) is 0 Å². The van der Waals surface area contributed by atoms with E-state index in [1.807, 2.05) is 6.20 Å². The molecule has 5 nitrogen and oxygen atoms in total. The summed E-state index contributed by atoms with van der Waals surface area (Å²) in [6.07, 6.45) is 17.2. The van der Waals surface area contributed by atoms with Crippen LogP contribution in [-0.4, -0.2) is 50.1 Å². The summed E-state index contributed by atoms with van der Waals surface area (Å²) < 4.78 is 0. The average molecular weight is 381 g/mol. The smallest absolute Gasteiger partial charge is 0.228 e. The molecule has 1 N–H and O–H groups in total. The number of aryl methyl sites for hydroxylation is 1. The molecule has 5 heteroatoms. The first-order valence-corrected chi connectivity index (χ1v) is 11.1. The fourth-order valence-corrected chi connectivity index (χ4v) is 5.77. The second kappa shape index (κ2) is 7.09. The van der Waals surface area contributed by atoms with E-state index in [0.717, 1.165) is 38.5 Å². The number of carbonyl (C=O) groups is 1. The first-order chi connectivity index (χ1) is 13.6. The van der Waals surface area contributed by atoms with Gasteiger partial charge in [-0.15, -0.1) is 0 Å². The minimum Gasteiger partial charge on any atom is -0.369 e. The maximum Gasteiger partial charge on any atom is 0.228 e. The number of fused-ring (bicyclic) bond motifs is 1. The highest BCUT2D eigenvalue weighted by Crippen LogP contribution is 2.40. The van der Waals surface area contributed by atoms with Crippen LogP contribution < -0.4 is 0 Å². The van der Waals surface area contributed by atoms with Gasteiger partial charge in [-0.1, -0.05) is 12.2 Å². The number of nitrogens with one attached hydrogen (secondary N) is 1. The molecule has 1 aliphatic heterocycles. The van der Waals surface area contributed by atoms with Crippen molar-refractivity contribution in [1.29, 1.82) is 0 Å². The molecule has 0 radical (unpaired) electrons. The molecule has 0 aromatic carbocycles. The molecule has 1 aromatic rings. The molecule has 2 fully saturated rings. The van der Waals surface area contributed by atoms with Gasteiger partial charge in [0.2, 0.25) is 5.91 Å². The second-order valence-electron chi connectivity index (χ2n) is 9.21. The Hall–Kier alpha value is -2.04. The molecule has 1 saturated heterocycles. The second-order valence-corrected chi connectivity index (χ2v) is 9.21. The summed E-state index contributed by atoms with van der Waals surface area (Å²) in [5.74, 6) is 0.529. The van der Waals surface area contributed by atoms with Crippen LogP contribution in [0.5, 0.6) is 0 Å². The van der Waals surface area contributed by atoms with Crippen molar-refractivity contribution in [2.75, 3.05) is 0 Å². The number of aromatic amines is 1. The number of rotatable bonds is 4. The first kappa shape index (κ1) is 18.0. The molecule has 3 aliphatic carbocycles. The lowest BCUT2D eigenvalue weighted by atomic mass is 9.90. The Morgan fingerprint density at radius 3 is 2.82 bits per heavy atom. The Morgan fingerprint density at radius 1 is 1.21 bits per heavy atom. The van der Waals surface area contributed by atoms with Crippen molar-refractivity contribution in [3.63, 3.8) is 0 Å². The summed E-state index contributed by atoms with van der Waals surface area (Å²) in [6, 6.07) is 1.54. The normalized spacial score (nSPS) is 32.2. The SMILES string of the molecule is CC1CC(C(=O)N(C2CC2)C2CCc3[nH]ncc3C2)C(C)N1C1=CC=CCC1. The molecule has 1 aromatic heterocycles. The molecule has 0 bridgehead atoms. The Bertz CT molecular complexity index is 805. The molecule has 4 unspecified atom stereocenters. The third-order valence-electron chi connectivity index (χ3n) is 7.31. The van der Waals surface area contributed by atoms with Crippen LogP contribution in [0.4, 0.5) is 0 Å². The fourth-order valence-electron chi connectivity index (χ4n) is 5.77. The van der Waals surface area contributed by atoms with Gasteiger partial charge in [-0.3, -0.25) is 9.89 Å². The van der Waals surface area contributed by atoms with Crippen molar-refractivity contribution in [3.8, 4) is 0 Å². The Labute approximate surface area is 167 Å². The Morgan fingerprint density at radius 2 is 2.07 bits per heavy atom. The van der Waals surface area contributed by atoms with Crippen molar-refractivity contribution in [1.82, 2.24) is 20.0 Å². The van der Waals surface area contributed by atoms with Crippen molar-refractivity contribution in [2.45, 2.75) is 89.4 Å². The highest BCUT2D eigenvalue weighted by molar-refractivity contribution is 5.81. The Kier molecular flexibility index (Phi) is 4.56. The van der Waals surface area contributed by atoms with E-state index in [9.17, 15) is 4.79 Å². The number of allylic oxidation sites excluding steroid dienone is 4. The zero-order valence-corrected chi connectivity index (χ0v) is 17.1. The monoisotopic (exact) mass is 380 g/mol. The van der Waals surface area contributed by atoms with Crippen molar-refractivity contribution in [3.05, 3.63) is 41.4 Å². The summed E-state index contributed by atoms with van der Waals surface area (Å²) in [5, 5.41) is 7.35. The van der Waals surface area contributed by atoms with Gasteiger partial charge in [0, 0.05) is 35.6 Å². The van der Waals surface area contributed by atoms with Crippen LogP contribution in [0.15, 0.2) is 30.1 Å². The molecular weight excluding hydrogens is 348 g/mol. The lowest BCUT2D eigenvalue weighted by molar-refractivity contribution is -0.139. The molecule has 5 rings (SSSR count). The van der Waals surface area contributed by atoms with E-state index >= 15 is 0 Å². The number of likely N-dealkylation sites (tertiary alicyclic amines) is 1. The summed E-state index contributed by atoms with van der Waals surface area (Å²) in [5.41, 5.74) is 3.99. The summed E-state index contributed by atoms with van der Waals surface area (Å²) in [4.78, 5) is 18.6. The highest BCUT2D eigenvalue weighted by Gasteiger charge is 2.47. The van der Waals surface area contributed by atoms with Gasteiger partial charge < -0.3 is 9.80 Å². The van der Waals surface area contributed by atoms with Crippen LogP contribution in [0.1, 0.15) is 63.6 Å². The van der Waals surface area contributed by atoms with Gasteiger partial charge in [-0.2, -0.15) is 5.10 Å².